The molecule has 7 nitrogen and oxygen atoms in total. The number of hydrogen-bond donors (Lipinski definition) is 3. The molecule has 0 rings (SSSR count). The molecule has 16 heavy (non-hydrogen) atoms. The van der Waals surface area contributed by atoms with Gasteiger partial charge in [-0.25, -0.2) is 0 Å². The number of nitrogens with two attached hydrogens (primary N) is 2. The number of nitrogens with one attached hydrogen (secondary N) is 1. The number of rotatable bonds is 7. The normalized spacial score (nSPS) is 11.9. The summed E-state index contributed by atoms with van der Waals surface area (Å²) in [5, 5.41) is 2.83. The van der Waals surface area contributed by atoms with E-state index in [9.17, 15) is 14.4 Å². The third kappa shape index (κ3) is 5.30. The molecular formula is C9H18N4O3. The van der Waals surface area contributed by atoms with E-state index >= 15 is 0 Å². The van der Waals surface area contributed by atoms with Crippen LogP contribution in [0.25, 0.3) is 0 Å². The van der Waals surface area contributed by atoms with Crippen molar-refractivity contribution in [2.24, 2.45) is 17.4 Å². The van der Waals surface area contributed by atoms with Crippen LogP contribution in [0.15, 0.2) is 0 Å². The second-order valence-corrected chi connectivity index (χ2v) is 3.59. The van der Waals surface area contributed by atoms with Gasteiger partial charge in [-0.15, -0.1) is 0 Å². The van der Waals surface area contributed by atoms with Crippen LogP contribution in [0, 0.1) is 5.92 Å². The lowest BCUT2D eigenvalue weighted by molar-refractivity contribution is -0.140. The Labute approximate surface area is 94.1 Å². The maximum absolute atomic E-state index is 11.8. The lowest BCUT2D eigenvalue weighted by atomic mass is 10.1. The predicted octanol–water partition coefficient (Wildman–Crippen LogP) is -2.36. The Kier molecular flexibility index (Phi) is 6.09. The fraction of sp³-hybridized carbons (Fsp3) is 0.667. The van der Waals surface area contributed by atoms with Gasteiger partial charge in [0.2, 0.25) is 17.7 Å². The van der Waals surface area contributed by atoms with Crippen LogP contribution in [0.1, 0.15) is 6.92 Å². The molecule has 0 aromatic heterocycles. The third-order valence-corrected chi connectivity index (χ3v) is 1.94. The highest BCUT2D eigenvalue weighted by Gasteiger charge is 2.22. The summed E-state index contributed by atoms with van der Waals surface area (Å²) >= 11 is 0. The molecule has 0 saturated heterocycles. The van der Waals surface area contributed by atoms with Crippen molar-refractivity contribution in [3.8, 4) is 0 Å². The minimum absolute atomic E-state index is 0.296. The van der Waals surface area contributed by atoms with Crippen LogP contribution in [0.2, 0.25) is 0 Å². The maximum atomic E-state index is 11.8. The molecule has 0 aromatic carbocycles. The zero-order valence-electron chi connectivity index (χ0n) is 9.53. The van der Waals surface area contributed by atoms with Crippen molar-refractivity contribution in [1.29, 1.82) is 0 Å². The van der Waals surface area contributed by atoms with E-state index in [0.717, 1.165) is 4.90 Å². The molecule has 0 aliphatic carbocycles. The molecule has 3 amide bonds. The molecule has 0 saturated carbocycles. The standard InChI is InChI=1S/C9H18N4O3/c1-6(3-12-2)9(16)13(4-7(10)14)5-8(11)15/h6,12H,3-5H2,1-2H3,(H2,10,14)(H2,11,15). The second kappa shape index (κ2) is 6.78. The molecule has 0 heterocycles. The average molecular weight is 230 g/mol. The number of hydrogen-bond acceptors (Lipinski definition) is 4. The van der Waals surface area contributed by atoms with Crippen LogP contribution in [0.3, 0.4) is 0 Å². The first-order valence-electron chi connectivity index (χ1n) is 4.88. The molecule has 0 fully saturated rings. The first kappa shape index (κ1) is 14.4. The van der Waals surface area contributed by atoms with Gasteiger partial charge >= 0.3 is 0 Å². The van der Waals surface area contributed by atoms with Crippen molar-refractivity contribution >= 4 is 17.7 Å². The van der Waals surface area contributed by atoms with Crippen LogP contribution in [0.5, 0.6) is 0 Å². The Bertz CT molecular complexity index is 264. The van der Waals surface area contributed by atoms with Crippen molar-refractivity contribution < 1.29 is 14.4 Å². The zero-order chi connectivity index (χ0) is 12.7. The van der Waals surface area contributed by atoms with Gasteiger partial charge in [0.25, 0.3) is 0 Å². The zero-order valence-corrected chi connectivity index (χ0v) is 9.53. The topological polar surface area (TPSA) is 119 Å². The number of primary amides is 2. The van der Waals surface area contributed by atoms with E-state index in [0.29, 0.717) is 6.54 Å². The molecule has 7 heteroatoms. The average Bonchev–Trinajstić information content (AvgIpc) is 2.14. The number of nitrogens with zero attached hydrogens (tertiary/aromatic N) is 1. The molecule has 0 aromatic rings. The summed E-state index contributed by atoms with van der Waals surface area (Å²) in [4.78, 5) is 34.3. The largest absolute Gasteiger partial charge is 0.368 e. The monoisotopic (exact) mass is 230 g/mol. The summed E-state index contributed by atoms with van der Waals surface area (Å²) in [7, 11) is 1.70. The van der Waals surface area contributed by atoms with Crippen LogP contribution >= 0.6 is 0 Å². The summed E-state index contributed by atoms with van der Waals surface area (Å²) in [6.45, 7) is 1.55. The van der Waals surface area contributed by atoms with Crippen LogP contribution in [-0.2, 0) is 14.4 Å². The molecule has 0 spiro atoms. The van der Waals surface area contributed by atoms with Gasteiger partial charge in [0.1, 0.15) is 0 Å². The molecule has 92 valence electrons. The first-order chi connectivity index (χ1) is 7.38. The minimum atomic E-state index is -0.675. The van der Waals surface area contributed by atoms with E-state index in [1.165, 1.54) is 0 Å². The lowest BCUT2D eigenvalue weighted by Gasteiger charge is -2.23. The quantitative estimate of drug-likeness (QED) is 0.453. The van der Waals surface area contributed by atoms with Crippen molar-refractivity contribution in [3.63, 3.8) is 0 Å². The summed E-state index contributed by atoms with van der Waals surface area (Å²) in [6, 6.07) is 0. The number of carbonyl (C=O) groups is 3. The van der Waals surface area contributed by atoms with Gasteiger partial charge in [-0.1, -0.05) is 6.92 Å². The smallest absolute Gasteiger partial charge is 0.237 e. The molecule has 0 aliphatic heterocycles. The van der Waals surface area contributed by atoms with E-state index in [-0.39, 0.29) is 24.9 Å². The molecule has 0 radical (unpaired) electrons. The fourth-order valence-corrected chi connectivity index (χ4v) is 1.29. The van der Waals surface area contributed by atoms with E-state index in [1.807, 2.05) is 0 Å². The van der Waals surface area contributed by atoms with Crippen molar-refractivity contribution in [1.82, 2.24) is 10.2 Å². The number of carbonyl (C=O) groups excluding carboxylic acids is 3. The number of amides is 3. The van der Waals surface area contributed by atoms with E-state index in [2.05, 4.69) is 5.32 Å². The van der Waals surface area contributed by atoms with Crippen LogP contribution in [-0.4, -0.2) is 49.3 Å². The van der Waals surface area contributed by atoms with E-state index in [1.54, 1.807) is 14.0 Å². The lowest BCUT2D eigenvalue weighted by Crippen LogP contribution is -2.46. The second-order valence-electron chi connectivity index (χ2n) is 3.59. The fourth-order valence-electron chi connectivity index (χ4n) is 1.29. The molecule has 0 aliphatic rings. The van der Waals surface area contributed by atoms with Gasteiger partial charge < -0.3 is 21.7 Å². The van der Waals surface area contributed by atoms with Crippen molar-refractivity contribution in [2.75, 3.05) is 26.7 Å². The third-order valence-electron chi connectivity index (χ3n) is 1.94. The van der Waals surface area contributed by atoms with Crippen LogP contribution < -0.4 is 16.8 Å². The summed E-state index contributed by atoms with van der Waals surface area (Å²) in [5.74, 6) is -2.02. The molecule has 1 atom stereocenters. The summed E-state index contributed by atoms with van der Waals surface area (Å²) < 4.78 is 0. The molecular weight excluding hydrogens is 212 g/mol. The maximum Gasteiger partial charge on any atom is 0.237 e. The van der Waals surface area contributed by atoms with Gasteiger partial charge in [-0.2, -0.15) is 0 Å². The van der Waals surface area contributed by atoms with E-state index < -0.39 is 11.8 Å². The van der Waals surface area contributed by atoms with Gasteiger partial charge in [0.05, 0.1) is 13.1 Å². The van der Waals surface area contributed by atoms with Gasteiger partial charge in [0.15, 0.2) is 0 Å². The van der Waals surface area contributed by atoms with Gasteiger partial charge in [-0.3, -0.25) is 14.4 Å². The highest BCUT2D eigenvalue weighted by atomic mass is 16.2. The highest BCUT2D eigenvalue weighted by molar-refractivity contribution is 5.89. The Morgan fingerprint density at radius 2 is 1.62 bits per heavy atom. The Hall–Kier alpha value is -1.63. The molecule has 5 N–H and O–H groups in total. The molecule has 0 bridgehead atoms. The molecule has 1 unspecified atom stereocenters. The van der Waals surface area contributed by atoms with Crippen molar-refractivity contribution in [2.45, 2.75) is 6.92 Å². The summed E-state index contributed by atoms with van der Waals surface area (Å²) in [6.07, 6.45) is 0. The first-order valence-corrected chi connectivity index (χ1v) is 4.88. The predicted molar refractivity (Wildman–Crippen MR) is 58.1 cm³/mol. The Balaban J connectivity index is 4.54. The van der Waals surface area contributed by atoms with Crippen molar-refractivity contribution in [3.05, 3.63) is 0 Å². The van der Waals surface area contributed by atoms with Crippen LogP contribution in [0.4, 0.5) is 0 Å². The highest BCUT2D eigenvalue weighted by Crippen LogP contribution is 2.01. The van der Waals surface area contributed by atoms with Gasteiger partial charge in [-0.05, 0) is 7.05 Å². The SMILES string of the molecule is CNCC(C)C(=O)N(CC(N)=O)CC(N)=O. The minimum Gasteiger partial charge on any atom is -0.368 e. The Morgan fingerprint density at radius 1 is 1.19 bits per heavy atom. The van der Waals surface area contributed by atoms with Gasteiger partial charge in [0, 0.05) is 12.5 Å². The van der Waals surface area contributed by atoms with E-state index in [4.69, 9.17) is 11.5 Å². The summed E-state index contributed by atoms with van der Waals surface area (Å²) in [5.41, 5.74) is 9.96. The Morgan fingerprint density at radius 3 is 1.94 bits per heavy atom.